The lowest BCUT2D eigenvalue weighted by atomic mass is 9.69. The van der Waals surface area contributed by atoms with E-state index in [0.29, 0.717) is 24.4 Å². The Bertz CT molecular complexity index is 496. The van der Waals surface area contributed by atoms with Gasteiger partial charge in [-0.25, -0.2) is 4.98 Å². The number of nitrogens with one attached hydrogen (secondary N) is 1. The van der Waals surface area contributed by atoms with Crippen LogP contribution in [-0.4, -0.2) is 26.7 Å². The zero-order valence-electron chi connectivity index (χ0n) is 12.6. The fourth-order valence-corrected chi connectivity index (χ4v) is 4.25. The Morgan fingerprint density at radius 3 is 2.80 bits per heavy atom. The summed E-state index contributed by atoms with van der Waals surface area (Å²) in [5.74, 6) is 0.892. The number of nitrogens with zero attached hydrogens (tertiary/aromatic N) is 3. The summed E-state index contributed by atoms with van der Waals surface area (Å²) in [4.78, 5) is 16.0. The molecule has 2 bridgehead atoms. The van der Waals surface area contributed by atoms with Gasteiger partial charge in [-0.3, -0.25) is 9.48 Å². The molecule has 3 unspecified atom stereocenters. The third kappa shape index (κ3) is 1.95. The molecular formula is C15H24N4O. The molecule has 1 aromatic heterocycles. The summed E-state index contributed by atoms with van der Waals surface area (Å²) < 4.78 is 1.70. The van der Waals surface area contributed by atoms with Crippen LogP contribution in [-0.2, 0) is 11.3 Å². The highest BCUT2D eigenvalue weighted by Gasteiger charge is 2.61. The van der Waals surface area contributed by atoms with Crippen LogP contribution < -0.4 is 5.32 Å². The van der Waals surface area contributed by atoms with Crippen LogP contribution in [0.3, 0.4) is 0 Å². The molecule has 20 heavy (non-hydrogen) atoms. The first-order chi connectivity index (χ1) is 9.43. The largest absolute Gasteiger partial charge is 0.353 e. The van der Waals surface area contributed by atoms with E-state index in [1.807, 2.05) is 0 Å². The molecule has 2 aliphatic rings. The SMILES string of the molecule is CC1(C)C2CCC1(C)C(NC(=O)CCn1cncn1)C2. The predicted octanol–water partition coefficient (Wildman–Crippen LogP) is 2.00. The van der Waals surface area contributed by atoms with Gasteiger partial charge in [0.05, 0.1) is 6.54 Å². The molecule has 2 saturated carbocycles. The second-order valence-electron chi connectivity index (χ2n) is 7.14. The number of aryl methyl sites for hydroxylation is 1. The Morgan fingerprint density at radius 1 is 1.45 bits per heavy atom. The van der Waals surface area contributed by atoms with E-state index < -0.39 is 0 Å². The molecule has 1 amide bonds. The molecule has 1 heterocycles. The Hall–Kier alpha value is -1.39. The molecule has 1 N–H and O–H groups in total. The minimum Gasteiger partial charge on any atom is -0.353 e. The highest BCUT2D eigenvalue weighted by molar-refractivity contribution is 5.76. The van der Waals surface area contributed by atoms with Crippen LogP contribution in [0.25, 0.3) is 0 Å². The number of hydrogen-bond acceptors (Lipinski definition) is 3. The molecule has 5 heteroatoms. The van der Waals surface area contributed by atoms with Crippen molar-refractivity contribution in [3.8, 4) is 0 Å². The summed E-state index contributed by atoms with van der Waals surface area (Å²) in [7, 11) is 0. The second-order valence-corrected chi connectivity index (χ2v) is 7.14. The molecule has 0 saturated heterocycles. The summed E-state index contributed by atoms with van der Waals surface area (Å²) in [6, 6.07) is 0.333. The van der Waals surface area contributed by atoms with Crippen LogP contribution in [0.2, 0.25) is 0 Å². The molecule has 3 rings (SSSR count). The van der Waals surface area contributed by atoms with Crippen molar-refractivity contribution in [3.63, 3.8) is 0 Å². The normalized spacial score (nSPS) is 34.4. The number of amides is 1. The predicted molar refractivity (Wildman–Crippen MR) is 75.8 cm³/mol. The maximum atomic E-state index is 12.2. The van der Waals surface area contributed by atoms with Gasteiger partial charge in [-0.05, 0) is 36.0 Å². The summed E-state index contributed by atoms with van der Waals surface area (Å²) in [6.45, 7) is 7.68. The van der Waals surface area contributed by atoms with Gasteiger partial charge in [-0.2, -0.15) is 5.10 Å². The van der Waals surface area contributed by atoms with E-state index in [4.69, 9.17) is 0 Å². The molecular weight excluding hydrogens is 252 g/mol. The van der Waals surface area contributed by atoms with Crippen molar-refractivity contribution in [1.82, 2.24) is 20.1 Å². The van der Waals surface area contributed by atoms with E-state index in [0.717, 1.165) is 12.3 Å². The molecule has 0 spiro atoms. The molecule has 2 fully saturated rings. The molecule has 0 radical (unpaired) electrons. The van der Waals surface area contributed by atoms with Gasteiger partial charge in [0.15, 0.2) is 0 Å². The quantitative estimate of drug-likeness (QED) is 0.915. The monoisotopic (exact) mass is 276 g/mol. The smallest absolute Gasteiger partial charge is 0.222 e. The lowest BCUT2D eigenvalue weighted by Crippen LogP contribution is -2.47. The zero-order chi connectivity index (χ0) is 14.4. The van der Waals surface area contributed by atoms with Gasteiger partial charge in [-0.15, -0.1) is 0 Å². The average Bonchev–Trinajstić information content (AvgIpc) is 3.02. The molecule has 5 nitrogen and oxygen atoms in total. The average molecular weight is 276 g/mol. The van der Waals surface area contributed by atoms with Gasteiger partial charge in [-0.1, -0.05) is 20.8 Å². The number of aromatic nitrogens is 3. The van der Waals surface area contributed by atoms with E-state index in [1.54, 1.807) is 11.0 Å². The van der Waals surface area contributed by atoms with Gasteiger partial charge in [0.2, 0.25) is 5.91 Å². The number of fused-ring (bicyclic) bond motifs is 2. The van der Waals surface area contributed by atoms with Crippen LogP contribution in [0, 0.1) is 16.7 Å². The maximum absolute atomic E-state index is 12.2. The van der Waals surface area contributed by atoms with Crippen molar-refractivity contribution < 1.29 is 4.79 Å². The fourth-order valence-electron chi connectivity index (χ4n) is 4.25. The first kappa shape index (κ1) is 13.6. The van der Waals surface area contributed by atoms with Crippen molar-refractivity contribution in [2.24, 2.45) is 16.7 Å². The molecule has 0 aromatic carbocycles. The van der Waals surface area contributed by atoms with E-state index in [2.05, 4.69) is 36.2 Å². The fraction of sp³-hybridized carbons (Fsp3) is 0.800. The van der Waals surface area contributed by atoms with Crippen LogP contribution in [0.5, 0.6) is 0 Å². The molecule has 1 aromatic rings. The highest BCUT2D eigenvalue weighted by atomic mass is 16.1. The van der Waals surface area contributed by atoms with Gasteiger partial charge in [0, 0.05) is 12.5 Å². The maximum Gasteiger partial charge on any atom is 0.222 e. The van der Waals surface area contributed by atoms with Crippen molar-refractivity contribution in [1.29, 1.82) is 0 Å². The third-order valence-corrected chi connectivity index (χ3v) is 6.16. The number of carbonyl (C=O) groups excluding carboxylic acids is 1. The summed E-state index contributed by atoms with van der Waals surface area (Å²) in [5, 5.41) is 7.29. The van der Waals surface area contributed by atoms with Crippen LogP contribution >= 0.6 is 0 Å². The highest BCUT2D eigenvalue weighted by Crippen LogP contribution is 2.65. The van der Waals surface area contributed by atoms with Crippen molar-refractivity contribution in [2.75, 3.05) is 0 Å². The summed E-state index contributed by atoms with van der Waals surface area (Å²) in [5.41, 5.74) is 0.595. The van der Waals surface area contributed by atoms with Crippen LogP contribution in [0.1, 0.15) is 46.5 Å². The van der Waals surface area contributed by atoms with Gasteiger partial charge in [0.1, 0.15) is 12.7 Å². The number of hydrogen-bond donors (Lipinski definition) is 1. The summed E-state index contributed by atoms with van der Waals surface area (Å²) in [6.07, 6.45) is 7.31. The summed E-state index contributed by atoms with van der Waals surface area (Å²) >= 11 is 0. The third-order valence-electron chi connectivity index (χ3n) is 6.16. The van der Waals surface area contributed by atoms with E-state index in [-0.39, 0.29) is 11.3 Å². The second kappa shape index (κ2) is 4.57. The minimum atomic E-state index is 0.134. The first-order valence-electron chi connectivity index (χ1n) is 7.55. The molecule has 2 aliphatic carbocycles. The lowest BCUT2D eigenvalue weighted by Gasteiger charge is -2.39. The van der Waals surface area contributed by atoms with Crippen molar-refractivity contribution >= 4 is 5.91 Å². The van der Waals surface area contributed by atoms with Crippen LogP contribution in [0.15, 0.2) is 12.7 Å². The van der Waals surface area contributed by atoms with E-state index >= 15 is 0 Å². The molecule has 110 valence electrons. The van der Waals surface area contributed by atoms with Gasteiger partial charge >= 0.3 is 0 Å². The van der Waals surface area contributed by atoms with E-state index in [9.17, 15) is 4.79 Å². The Labute approximate surface area is 120 Å². The Morgan fingerprint density at radius 2 is 2.25 bits per heavy atom. The van der Waals surface area contributed by atoms with Crippen molar-refractivity contribution in [2.45, 2.75) is 59.0 Å². The number of carbonyl (C=O) groups is 1. The minimum absolute atomic E-state index is 0.134. The van der Waals surface area contributed by atoms with Crippen LogP contribution in [0.4, 0.5) is 0 Å². The van der Waals surface area contributed by atoms with E-state index in [1.165, 1.54) is 19.2 Å². The topological polar surface area (TPSA) is 59.8 Å². The standard InChI is InChI=1S/C15H24N4O/c1-14(2)11-4-6-15(14,3)12(8-11)18-13(20)5-7-19-10-16-9-17-19/h9-12H,4-8H2,1-3H3,(H,18,20). The molecule has 3 atom stereocenters. The Balaban J connectivity index is 1.58. The van der Waals surface area contributed by atoms with Gasteiger partial charge in [0.25, 0.3) is 0 Å². The Kier molecular flexibility index (Phi) is 3.10. The first-order valence-corrected chi connectivity index (χ1v) is 7.55. The number of rotatable bonds is 4. The van der Waals surface area contributed by atoms with Crippen molar-refractivity contribution in [3.05, 3.63) is 12.7 Å². The molecule has 0 aliphatic heterocycles. The lowest BCUT2D eigenvalue weighted by molar-refractivity contribution is -0.123. The van der Waals surface area contributed by atoms with Gasteiger partial charge < -0.3 is 5.32 Å². The zero-order valence-corrected chi connectivity index (χ0v) is 12.6.